The number of rotatable bonds is 6. The predicted octanol–water partition coefficient (Wildman–Crippen LogP) is 1.36. The smallest absolute Gasteiger partial charge is 0.231 e. The first-order valence-electron chi connectivity index (χ1n) is 5.20. The Morgan fingerprint density at radius 1 is 1.42 bits per heavy atom. The van der Waals surface area contributed by atoms with Gasteiger partial charge in [0.25, 0.3) is 0 Å². The van der Waals surface area contributed by atoms with E-state index in [4.69, 9.17) is 5.73 Å². The van der Waals surface area contributed by atoms with Gasteiger partial charge in [-0.1, -0.05) is 29.2 Å². The summed E-state index contributed by atoms with van der Waals surface area (Å²) in [5, 5.41) is 12.7. The monoisotopic (exact) mass is 314 g/mol. The number of hydrogen-bond donors (Lipinski definition) is 2. The number of thiophene rings is 1. The molecule has 0 spiro atoms. The third-order valence-electron chi connectivity index (χ3n) is 1.91. The third kappa shape index (κ3) is 4.62. The fourth-order valence-corrected chi connectivity index (χ4v) is 3.40. The fraction of sp³-hybridized carbons (Fsp3) is 0.200. The molecule has 0 atom stereocenters. The molecule has 2 amide bonds. The normalized spacial score (nSPS) is 10.3. The number of primary amides is 1. The molecule has 0 bridgehead atoms. The number of hydrogen-bond acceptors (Lipinski definition) is 7. The number of amides is 2. The maximum absolute atomic E-state index is 11.7. The van der Waals surface area contributed by atoms with E-state index in [1.165, 1.54) is 34.4 Å². The molecule has 2 aromatic heterocycles. The van der Waals surface area contributed by atoms with Crippen LogP contribution in [-0.4, -0.2) is 27.8 Å². The van der Waals surface area contributed by atoms with Crippen LogP contribution in [0.15, 0.2) is 21.9 Å². The Bertz CT molecular complexity index is 567. The van der Waals surface area contributed by atoms with Crippen molar-refractivity contribution in [1.82, 2.24) is 10.2 Å². The molecule has 100 valence electrons. The number of carbonyl (C=O) groups is 2. The van der Waals surface area contributed by atoms with Crippen LogP contribution < -0.4 is 11.1 Å². The second kappa shape index (κ2) is 6.64. The summed E-state index contributed by atoms with van der Waals surface area (Å²) in [5.74, 6) is -0.397. The zero-order valence-corrected chi connectivity index (χ0v) is 12.1. The Kier molecular flexibility index (Phi) is 4.88. The second-order valence-electron chi connectivity index (χ2n) is 3.43. The molecule has 2 heterocycles. The average molecular weight is 314 g/mol. The molecule has 6 nitrogen and oxygen atoms in total. The summed E-state index contributed by atoms with van der Waals surface area (Å²) in [4.78, 5) is 23.3. The van der Waals surface area contributed by atoms with E-state index >= 15 is 0 Å². The van der Waals surface area contributed by atoms with Crippen LogP contribution in [0, 0.1) is 0 Å². The lowest BCUT2D eigenvalue weighted by Gasteiger charge is -1.98. The van der Waals surface area contributed by atoms with Gasteiger partial charge in [-0.25, -0.2) is 0 Å². The number of anilines is 1. The molecule has 0 aliphatic rings. The molecule has 2 rings (SSSR count). The van der Waals surface area contributed by atoms with Crippen molar-refractivity contribution in [1.29, 1.82) is 0 Å². The van der Waals surface area contributed by atoms with Gasteiger partial charge in [-0.3, -0.25) is 9.59 Å². The van der Waals surface area contributed by atoms with Crippen LogP contribution in [0.5, 0.6) is 0 Å². The van der Waals surface area contributed by atoms with E-state index in [1.807, 2.05) is 17.5 Å². The SMILES string of the molecule is NC(=O)CSc1nnc(NC(=O)Cc2cccs2)s1. The van der Waals surface area contributed by atoms with E-state index in [9.17, 15) is 9.59 Å². The fourth-order valence-electron chi connectivity index (χ4n) is 1.19. The van der Waals surface area contributed by atoms with Crippen LogP contribution in [0.4, 0.5) is 5.13 Å². The summed E-state index contributed by atoms with van der Waals surface area (Å²) in [6.45, 7) is 0. The molecule has 0 aromatic carbocycles. The molecular weight excluding hydrogens is 304 g/mol. The Balaban J connectivity index is 1.85. The zero-order valence-electron chi connectivity index (χ0n) is 9.66. The third-order valence-corrected chi connectivity index (χ3v) is 4.78. The first-order chi connectivity index (χ1) is 9.13. The van der Waals surface area contributed by atoms with Crippen molar-refractivity contribution < 1.29 is 9.59 Å². The maximum atomic E-state index is 11.7. The summed E-state index contributed by atoms with van der Waals surface area (Å²) in [6.07, 6.45) is 0.320. The Labute approximate surface area is 121 Å². The van der Waals surface area contributed by atoms with Crippen LogP contribution in [0.25, 0.3) is 0 Å². The van der Waals surface area contributed by atoms with Gasteiger partial charge >= 0.3 is 0 Å². The van der Waals surface area contributed by atoms with E-state index in [1.54, 1.807) is 0 Å². The van der Waals surface area contributed by atoms with Crippen molar-refractivity contribution in [2.24, 2.45) is 5.73 Å². The zero-order chi connectivity index (χ0) is 13.7. The molecule has 0 saturated carbocycles. The molecule has 3 N–H and O–H groups in total. The second-order valence-corrected chi connectivity index (χ2v) is 6.66. The van der Waals surface area contributed by atoms with Crippen molar-refractivity contribution >= 4 is 51.4 Å². The largest absolute Gasteiger partial charge is 0.369 e. The molecule has 2 aromatic rings. The summed E-state index contributed by atoms with van der Waals surface area (Å²) >= 11 is 3.95. The minimum atomic E-state index is -0.413. The van der Waals surface area contributed by atoms with E-state index in [0.717, 1.165) is 4.88 Å². The minimum absolute atomic E-state index is 0.134. The Morgan fingerprint density at radius 2 is 2.26 bits per heavy atom. The van der Waals surface area contributed by atoms with Gasteiger partial charge < -0.3 is 11.1 Å². The molecular formula is C10H10N4O2S3. The Hall–Kier alpha value is -1.45. The molecule has 0 fully saturated rings. The van der Waals surface area contributed by atoms with E-state index in [2.05, 4.69) is 15.5 Å². The Morgan fingerprint density at radius 3 is 2.95 bits per heavy atom. The number of nitrogens with one attached hydrogen (secondary N) is 1. The van der Waals surface area contributed by atoms with Crippen LogP contribution in [0.2, 0.25) is 0 Å². The number of nitrogens with two attached hydrogens (primary N) is 1. The van der Waals surface area contributed by atoms with Crippen molar-refractivity contribution in [3.8, 4) is 0 Å². The lowest BCUT2D eigenvalue weighted by molar-refractivity contribution is -0.116. The van der Waals surface area contributed by atoms with Crippen molar-refractivity contribution in [3.05, 3.63) is 22.4 Å². The minimum Gasteiger partial charge on any atom is -0.369 e. The van der Waals surface area contributed by atoms with Crippen molar-refractivity contribution in [2.75, 3.05) is 11.1 Å². The quantitative estimate of drug-likeness (QED) is 0.619. The highest BCUT2D eigenvalue weighted by Gasteiger charge is 2.10. The summed E-state index contributed by atoms with van der Waals surface area (Å²) in [7, 11) is 0. The molecule has 0 aliphatic carbocycles. The van der Waals surface area contributed by atoms with Gasteiger partial charge in [-0.15, -0.1) is 21.5 Å². The number of nitrogens with zero attached hydrogens (tertiary/aromatic N) is 2. The lowest BCUT2D eigenvalue weighted by atomic mass is 10.3. The van der Waals surface area contributed by atoms with E-state index in [0.29, 0.717) is 15.9 Å². The number of aromatic nitrogens is 2. The molecule has 9 heteroatoms. The van der Waals surface area contributed by atoms with Crippen molar-refractivity contribution in [2.45, 2.75) is 10.8 Å². The topological polar surface area (TPSA) is 98.0 Å². The maximum Gasteiger partial charge on any atom is 0.231 e. The molecule has 0 radical (unpaired) electrons. The van der Waals surface area contributed by atoms with Gasteiger partial charge in [0.1, 0.15) is 0 Å². The standard InChI is InChI=1S/C10H10N4O2S3/c11-7(15)5-18-10-14-13-9(19-10)12-8(16)4-6-2-1-3-17-6/h1-3H,4-5H2,(H2,11,15)(H,12,13,16). The predicted molar refractivity (Wildman–Crippen MR) is 76.5 cm³/mol. The van der Waals surface area contributed by atoms with E-state index in [-0.39, 0.29) is 11.7 Å². The average Bonchev–Trinajstić information content (AvgIpc) is 2.98. The van der Waals surface area contributed by atoms with Gasteiger partial charge in [-0.05, 0) is 11.4 Å². The molecule has 0 aliphatic heterocycles. The van der Waals surface area contributed by atoms with Gasteiger partial charge in [0.2, 0.25) is 16.9 Å². The first-order valence-corrected chi connectivity index (χ1v) is 7.88. The highest BCUT2D eigenvalue weighted by molar-refractivity contribution is 8.01. The number of thioether (sulfide) groups is 1. The summed E-state index contributed by atoms with van der Waals surface area (Å²) in [6, 6.07) is 3.80. The summed E-state index contributed by atoms with van der Waals surface area (Å²) in [5.41, 5.74) is 5.03. The first kappa shape index (κ1) is 14.0. The highest BCUT2D eigenvalue weighted by Crippen LogP contribution is 2.25. The molecule has 0 unspecified atom stereocenters. The van der Waals surface area contributed by atoms with E-state index < -0.39 is 5.91 Å². The van der Waals surface area contributed by atoms with Crippen molar-refractivity contribution in [3.63, 3.8) is 0 Å². The van der Waals surface area contributed by atoms with Gasteiger partial charge in [0.15, 0.2) is 4.34 Å². The highest BCUT2D eigenvalue weighted by atomic mass is 32.2. The number of carbonyl (C=O) groups excluding carboxylic acids is 2. The van der Waals surface area contributed by atoms with Crippen LogP contribution in [0.1, 0.15) is 4.88 Å². The van der Waals surface area contributed by atoms with Crippen LogP contribution >= 0.6 is 34.4 Å². The van der Waals surface area contributed by atoms with Crippen LogP contribution in [-0.2, 0) is 16.0 Å². The van der Waals surface area contributed by atoms with Gasteiger partial charge in [0.05, 0.1) is 12.2 Å². The molecule has 19 heavy (non-hydrogen) atoms. The summed E-state index contributed by atoms with van der Waals surface area (Å²) < 4.78 is 0.602. The lowest BCUT2D eigenvalue weighted by Crippen LogP contribution is -2.13. The van der Waals surface area contributed by atoms with Gasteiger partial charge in [-0.2, -0.15) is 0 Å². The van der Waals surface area contributed by atoms with Gasteiger partial charge in [0, 0.05) is 4.88 Å². The molecule has 0 saturated heterocycles. The van der Waals surface area contributed by atoms with Crippen LogP contribution in [0.3, 0.4) is 0 Å².